The summed E-state index contributed by atoms with van der Waals surface area (Å²) in [7, 11) is 0. The Kier molecular flexibility index (Phi) is 7.14. The standard InChI is InChI=1S/C27H42O3/c1-18(2)19(3)16-20(4)24-9-7-8-21-10-11-22-17-23(28)12-14-26(22,5)25(21)13-15-27(24,6)30-29/h9,17-18,20-21,25,29H,3,7-8,10-16H2,1-2,4-6H3/b24-9-/t20-,21-,25+,26+,27-/m1/s1. The van der Waals surface area contributed by atoms with Gasteiger partial charge in [0.2, 0.25) is 0 Å². The van der Waals surface area contributed by atoms with Crippen molar-refractivity contribution in [2.45, 2.75) is 98.0 Å². The molecule has 3 heteroatoms. The fourth-order valence-electron chi connectivity index (χ4n) is 6.52. The molecule has 0 unspecified atom stereocenters. The summed E-state index contributed by atoms with van der Waals surface area (Å²) < 4.78 is 0. The van der Waals surface area contributed by atoms with Gasteiger partial charge in [-0.1, -0.05) is 51.5 Å². The van der Waals surface area contributed by atoms with Gasteiger partial charge in [0.15, 0.2) is 5.78 Å². The predicted octanol–water partition coefficient (Wildman–Crippen LogP) is 7.30. The molecule has 3 rings (SSSR count). The van der Waals surface area contributed by atoms with Crippen molar-refractivity contribution in [2.75, 3.05) is 0 Å². The van der Waals surface area contributed by atoms with Gasteiger partial charge in [0.25, 0.3) is 0 Å². The largest absolute Gasteiger partial charge is 0.295 e. The highest BCUT2D eigenvalue weighted by Crippen LogP contribution is 2.56. The number of hydrogen-bond donors (Lipinski definition) is 1. The van der Waals surface area contributed by atoms with Crippen LogP contribution >= 0.6 is 0 Å². The molecule has 3 nitrogen and oxygen atoms in total. The average molecular weight is 415 g/mol. The summed E-state index contributed by atoms with van der Waals surface area (Å²) in [5.74, 6) is 2.30. The van der Waals surface area contributed by atoms with E-state index in [1.54, 1.807) is 0 Å². The summed E-state index contributed by atoms with van der Waals surface area (Å²) in [6.45, 7) is 15.4. The molecule has 0 heterocycles. The number of hydrogen-bond acceptors (Lipinski definition) is 3. The molecule has 0 aromatic rings. The third-order valence-electron chi connectivity index (χ3n) is 8.69. The van der Waals surface area contributed by atoms with E-state index in [0.29, 0.717) is 35.9 Å². The number of allylic oxidation sites excluding steroid dienone is 4. The second-order valence-corrected chi connectivity index (χ2v) is 11.0. The molecule has 0 bridgehead atoms. The Labute approximate surface area is 183 Å². The molecule has 3 aliphatic carbocycles. The smallest absolute Gasteiger partial charge is 0.155 e. The monoisotopic (exact) mass is 414 g/mol. The van der Waals surface area contributed by atoms with Gasteiger partial charge < -0.3 is 0 Å². The first-order valence-electron chi connectivity index (χ1n) is 12.1. The lowest BCUT2D eigenvalue weighted by Crippen LogP contribution is -2.42. The van der Waals surface area contributed by atoms with Crippen LogP contribution in [0.25, 0.3) is 0 Å². The van der Waals surface area contributed by atoms with Crippen LogP contribution in [0.15, 0.2) is 35.5 Å². The van der Waals surface area contributed by atoms with E-state index in [0.717, 1.165) is 38.5 Å². The van der Waals surface area contributed by atoms with E-state index in [1.807, 2.05) is 6.08 Å². The highest BCUT2D eigenvalue weighted by molar-refractivity contribution is 5.91. The lowest BCUT2D eigenvalue weighted by atomic mass is 9.54. The zero-order chi connectivity index (χ0) is 22.1. The highest BCUT2D eigenvalue weighted by atomic mass is 17.1. The van der Waals surface area contributed by atoms with Gasteiger partial charge >= 0.3 is 0 Å². The van der Waals surface area contributed by atoms with E-state index in [1.165, 1.54) is 29.6 Å². The molecule has 0 radical (unpaired) electrons. The highest BCUT2D eigenvalue weighted by Gasteiger charge is 2.48. The van der Waals surface area contributed by atoms with Crippen molar-refractivity contribution < 1.29 is 14.9 Å². The van der Waals surface area contributed by atoms with Crippen molar-refractivity contribution in [3.63, 3.8) is 0 Å². The van der Waals surface area contributed by atoms with Gasteiger partial charge in [0.05, 0.1) is 0 Å². The number of fused-ring (bicyclic) bond motifs is 3. The van der Waals surface area contributed by atoms with Crippen LogP contribution in [0, 0.1) is 29.1 Å². The Balaban J connectivity index is 1.86. The van der Waals surface area contributed by atoms with Gasteiger partial charge in [0, 0.05) is 6.42 Å². The molecule has 1 fully saturated rings. The molecule has 1 saturated carbocycles. The van der Waals surface area contributed by atoms with Crippen molar-refractivity contribution >= 4 is 5.78 Å². The van der Waals surface area contributed by atoms with Crippen molar-refractivity contribution in [1.29, 1.82) is 0 Å². The van der Waals surface area contributed by atoms with Crippen molar-refractivity contribution in [3.8, 4) is 0 Å². The summed E-state index contributed by atoms with van der Waals surface area (Å²) in [4.78, 5) is 17.3. The maximum absolute atomic E-state index is 12.1. The molecular formula is C27H42O3. The lowest BCUT2D eigenvalue weighted by molar-refractivity contribution is -0.310. The Morgan fingerprint density at radius 2 is 1.93 bits per heavy atom. The van der Waals surface area contributed by atoms with Gasteiger partial charge in [-0.25, -0.2) is 4.89 Å². The fraction of sp³-hybridized carbons (Fsp3) is 0.741. The van der Waals surface area contributed by atoms with Crippen LogP contribution in [0.5, 0.6) is 0 Å². The summed E-state index contributed by atoms with van der Waals surface area (Å²) in [6, 6.07) is 0. The lowest BCUT2D eigenvalue weighted by Gasteiger charge is -2.50. The molecule has 0 saturated heterocycles. The molecule has 0 aliphatic heterocycles. The van der Waals surface area contributed by atoms with Crippen LogP contribution < -0.4 is 0 Å². The molecule has 3 aliphatic rings. The molecule has 5 atom stereocenters. The third-order valence-corrected chi connectivity index (χ3v) is 8.69. The zero-order valence-electron chi connectivity index (χ0n) is 19.8. The zero-order valence-corrected chi connectivity index (χ0v) is 19.8. The number of rotatable bonds is 5. The molecular weight excluding hydrogens is 372 g/mol. The van der Waals surface area contributed by atoms with Crippen LogP contribution in [-0.2, 0) is 9.68 Å². The van der Waals surface area contributed by atoms with Gasteiger partial charge in [0.1, 0.15) is 5.60 Å². The minimum Gasteiger partial charge on any atom is -0.295 e. The first-order chi connectivity index (χ1) is 14.1. The van der Waals surface area contributed by atoms with E-state index in [9.17, 15) is 10.1 Å². The van der Waals surface area contributed by atoms with Crippen molar-refractivity contribution in [2.24, 2.45) is 29.1 Å². The SMILES string of the molecule is C=C(C[C@@H](C)/C1=C/CC[C@@H]2CCC3=CC(=O)CC[C@]3(C)[C@H]2CC[C@@]1(C)OO)C(C)C. The van der Waals surface area contributed by atoms with Gasteiger partial charge in [-0.3, -0.25) is 10.1 Å². The summed E-state index contributed by atoms with van der Waals surface area (Å²) in [5.41, 5.74) is 3.32. The molecule has 168 valence electrons. The average Bonchev–Trinajstić information content (AvgIpc) is 2.77. The van der Waals surface area contributed by atoms with Crippen LogP contribution in [0.1, 0.15) is 92.4 Å². The fourth-order valence-corrected chi connectivity index (χ4v) is 6.52. The Morgan fingerprint density at radius 1 is 1.20 bits per heavy atom. The van der Waals surface area contributed by atoms with Crippen LogP contribution in [-0.4, -0.2) is 16.6 Å². The maximum atomic E-state index is 12.1. The Hall–Kier alpha value is -1.19. The van der Waals surface area contributed by atoms with E-state index in [-0.39, 0.29) is 5.41 Å². The van der Waals surface area contributed by atoms with Crippen LogP contribution in [0.3, 0.4) is 0 Å². The summed E-state index contributed by atoms with van der Waals surface area (Å²) in [6.07, 6.45) is 13.2. The van der Waals surface area contributed by atoms with Crippen molar-refractivity contribution in [3.05, 3.63) is 35.5 Å². The Bertz CT molecular complexity index is 730. The normalized spacial score (nSPS) is 37.6. The minimum atomic E-state index is -0.659. The molecule has 30 heavy (non-hydrogen) atoms. The number of carbonyl (C=O) groups is 1. The Morgan fingerprint density at radius 3 is 2.60 bits per heavy atom. The quantitative estimate of drug-likeness (QED) is 0.292. The van der Waals surface area contributed by atoms with E-state index in [2.05, 4.69) is 47.3 Å². The summed E-state index contributed by atoms with van der Waals surface area (Å²) >= 11 is 0. The number of carbonyl (C=O) groups excluding carboxylic acids is 1. The molecule has 0 amide bonds. The maximum Gasteiger partial charge on any atom is 0.155 e. The van der Waals surface area contributed by atoms with Crippen LogP contribution in [0.2, 0.25) is 0 Å². The molecule has 0 spiro atoms. The van der Waals surface area contributed by atoms with Crippen molar-refractivity contribution in [1.82, 2.24) is 0 Å². The van der Waals surface area contributed by atoms with Gasteiger partial charge in [-0.15, -0.1) is 0 Å². The second kappa shape index (κ2) is 9.12. The number of ketones is 1. The van der Waals surface area contributed by atoms with E-state index < -0.39 is 5.60 Å². The molecule has 1 N–H and O–H groups in total. The topological polar surface area (TPSA) is 46.5 Å². The first-order valence-corrected chi connectivity index (χ1v) is 12.1. The third kappa shape index (κ3) is 4.53. The van der Waals surface area contributed by atoms with Gasteiger partial charge in [-0.05, 0) is 99.0 Å². The minimum absolute atomic E-state index is 0.120. The molecule has 0 aromatic heterocycles. The van der Waals surface area contributed by atoms with Crippen LogP contribution in [0.4, 0.5) is 0 Å². The van der Waals surface area contributed by atoms with Gasteiger partial charge in [-0.2, -0.15) is 0 Å². The predicted molar refractivity (Wildman–Crippen MR) is 123 cm³/mol. The molecule has 0 aromatic carbocycles. The summed E-state index contributed by atoms with van der Waals surface area (Å²) in [5, 5.41) is 10.0. The van der Waals surface area contributed by atoms with E-state index in [4.69, 9.17) is 4.89 Å². The first kappa shape index (κ1) is 23.5. The second-order valence-electron chi connectivity index (χ2n) is 11.0. The van der Waals surface area contributed by atoms with E-state index >= 15 is 0 Å².